The number of benzene rings is 2. The van der Waals surface area contributed by atoms with Crippen molar-refractivity contribution < 1.29 is 8.42 Å². The Kier molecular flexibility index (Phi) is 4.65. The number of nitrogens with two attached hydrogens (primary N) is 1. The van der Waals surface area contributed by atoms with E-state index < -0.39 is 10.0 Å². The average molecular weight is 304 g/mol. The molecule has 1 unspecified atom stereocenters. The second kappa shape index (κ2) is 6.28. The molecule has 0 aliphatic heterocycles. The van der Waals surface area contributed by atoms with Crippen molar-refractivity contribution in [2.45, 2.75) is 31.2 Å². The average Bonchev–Trinajstić information content (AvgIpc) is 2.45. The van der Waals surface area contributed by atoms with Crippen molar-refractivity contribution in [2.75, 3.05) is 5.73 Å². The minimum absolute atomic E-state index is 0.127. The van der Waals surface area contributed by atoms with Crippen LogP contribution in [0.4, 0.5) is 5.69 Å². The molecule has 0 bridgehead atoms. The van der Waals surface area contributed by atoms with Crippen LogP contribution in [0.3, 0.4) is 0 Å². The molecule has 0 aliphatic rings. The first-order chi connectivity index (χ1) is 9.94. The number of hydrogen-bond acceptors (Lipinski definition) is 3. The van der Waals surface area contributed by atoms with E-state index in [9.17, 15) is 8.42 Å². The standard InChI is InChI=1S/C16H20N2O2S/c1-3-15(13-7-5-4-6-8-13)18-21(19,20)16-10-9-12(2)11-14(16)17/h4-11,15,18H,3,17H2,1-2H3. The summed E-state index contributed by atoms with van der Waals surface area (Å²) in [4.78, 5) is 0.127. The molecule has 3 N–H and O–H groups in total. The summed E-state index contributed by atoms with van der Waals surface area (Å²) in [5, 5.41) is 0. The monoisotopic (exact) mass is 304 g/mol. The van der Waals surface area contributed by atoms with Crippen molar-refractivity contribution in [3.8, 4) is 0 Å². The first-order valence-corrected chi connectivity index (χ1v) is 8.35. The third kappa shape index (κ3) is 3.62. The van der Waals surface area contributed by atoms with Crippen LogP contribution >= 0.6 is 0 Å². The maximum absolute atomic E-state index is 12.5. The van der Waals surface area contributed by atoms with Gasteiger partial charge in [0.15, 0.2) is 0 Å². The summed E-state index contributed by atoms with van der Waals surface area (Å²) in [5.41, 5.74) is 7.98. The van der Waals surface area contributed by atoms with Gasteiger partial charge in [0.05, 0.1) is 5.69 Å². The van der Waals surface area contributed by atoms with Gasteiger partial charge in [0.2, 0.25) is 10.0 Å². The second-order valence-corrected chi connectivity index (χ2v) is 6.72. The van der Waals surface area contributed by atoms with Crippen LogP contribution in [0.1, 0.15) is 30.5 Å². The summed E-state index contributed by atoms with van der Waals surface area (Å²) in [6, 6.07) is 14.2. The molecule has 2 aromatic rings. The van der Waals surface area contributed by atoms with Gasteiger partial charge in [-0.2, -0.15) is 0 Å². The van der Waals surface area contributed by atoms with Crippen LogP contribution < -0.4 is 10.5 Å². The van der Waals surface area contributed by atoms with Crippen molar-refractivity contribution in [2.24, 2.45) is 0 Å². The van der Waals surface area contributed by atoms with E-state index in [1.165, 1.54) is 0 Å². The minimum Gasteiger partial charge on any atom is -0.398 e. The van der Waals surface area contributed by atoms with E-state index >= 15 is 0 Å². The Hall–Kier alpha value is -1.85. The van der Waals surface area contributed by atoms with Crippen LogP contribution in [-0.2, 0) is 10.0 Å². The summed E-state index contributed by atoms with van der Waals surface area (Å²) in [5.74, 6) is 0. The van der Waals surface area contributed by atoms with E-state index in [1.807, 2.05) is 44.2 Å². The van der Waals surface area contributed by atoms with Crippen molar-refractivity contribution in [1.29, 1.82) is 0 Å². The lowest BCUT2D eigenvalue weighted by Crippen LogP contribution is -2.29. The van der Waals surface area contributed by atoms with E-state index in [1.54, 1.807) is 18.2 Å². The first kappa shape index (κ1) is 15.5. The molecule has 0 heterocycles. The van der Waals surface area contributed by atoms with Crippen LogP contribution in [0.25, 0.3) is 0 Å². The Bertz CT molecular complexity index is 712. The minimum atomic E-state index is -3.64. The summed E-state index contributed by atoms with van der Waals surface area (Å²) >= 11 is 0. The zero-order chi connectivity index (χ0) is 15.5. The number of sulfonamides is 1. The third-order valence-corrected chi connectivity index (χ3v) is 4.91. The highest BCUT2D eigenvalue weighted by atomic mass is 32.2. The van der Waals surface area contributed by atoms with E-state index in [4.69, 9.17) is 5.73 Å². The number of nitrogens with one attached hydrogen (secondary N) is 1. The van der Waals surface area contributed by atoms with E-state index in [-0.39, 0.29) is 16.6 Å². The van der Waals surface area contributed by atoms with Crippen molar-refractivity contribution in [1.82, 2.24) is 4.72 Å². The molecule has 2 rings (SSSR count). The van der Waals surface area contributed by atoms with Crippen molar-refractivity contribution >= 4 is 15.7 Å². The predicted molar refractivity (Wildman–Crippen MR) is 85.4 cm³/mol. The molecular weight excluding hydrogens is 284 g/mol. The second-order valence-electron chi connectivity index (χ2n) is 5.03. The van der Waals surface area contributed by atoms with Gasteiger partial charge in [0.1, 0.15) is 4.90 Å². The molecule has 4 nitrogen and oxygen atoms in total. The number of hydrogen-bond donors (Lipinski definition) is 2. The predicted octanol–water partition coefficient (Wildman–Crippen LogP) is 3.01. The summed E-state index contributed by atoms with van der Waals surface area (Å²) in [6.45, 7) is 3.82. The molecule has 0 aromatic heterocycles. The molecule has 0 spiro atoms. The maximum atomic E-state index is 12.5. The molecule has 2 aromatic carbocycles. The topological polar surface area (TPSA) is 72.2 Å². The van der Waals surface area contributed by atoms with Gasteiger partial charge >= 0.3 is 0 Å². The van der Waals surface area contributed by atoms with Gasteiger partial charge in [-0.15, -0.1) is 0 Å². The van der Waals surface area contributed by atoms with Gasteiger partial charge in [-0.1, -0.05) is 43.3 Å². The number of nitrogen functional groups attached to an aromatic ring is 1. The lowest BCUT2D eigenvalue weighted by atomic mass is 10.1. The van der Waals surface area contributed by atoms with Gasteiger partial charge < -0.3 is 5.73 Å². The van der Waals surface area contributed by atoms with Crippen LogP contribution in [0.15, 0.2) is 53.4 Å². The van der Waals surface area contributed by atoms with Crippen molar-refractivity contribution in [3.63, 3.8) is 0 Å². The molecule has 21 heavy (non-hydrogen) atoms. The zero-order valence-corrected chi connectivity index (χ0v) is 13.0. The number of rotatable bonds is 5. The Morgan fingerprint density at radius 2 is 1.81 bits per heavy atom. The highest BCUT2D eigenvalue weighted by Crippen LogP contribution is 2.23. The fraction of sp³-hybridized carbons (Fsp3) is 0.250. The molecule has 0 saturated carbocycles. The normalized spacial score (nSPS) is 13.0. The van der Waals surface area contributed by atoms with Gasteiger partial charge in [-0.05, 0) is 36.6 Å². The zero-order valence-electron chi connectivity index (χ0n) is 12.2. The van der Waals surface area contributed by atoms with Crippen LogP contribution in [-0.4, -0.2) is 8.42 Å². The molecule has 112 valence electrons. The SMILES string of the molecule is CCC(NS(=O)(=O)c1ccc(C)cc1N)c1ccccc1. The van der Waals surface area contributed by atoms with E-state index in [0.717, 1.165) is 11.1 Å². The van der Waals surface area contributed by atoms with Crippen LogP contribution in [0.2, 0.25) is 0 Å². The smallest absolute Gasteiger partial charge is 0.243 e. The van der Waals surface area contributed by atoms with E-state index in [2.05, 4.69) is 4.72 Å². The molecular formula is C16H20N2O2S. The highest BCUT2D eigenvalue weighted by molar-refractivity contribution is 7.89. The summed E-state index contributed by atoms with van der Waals surface area (Å²) < 4.78 is 27.8. The largest absolute Gasteiger partial charge is 0.398 e. The van der Waals surface area contributed by atoms with Gasteiger partial charge in [0.25, 0.3) is 0 Å². The Balaban J connectivity index is 2.32. The molecule has 5 heteroatoms. The number of aryl methyl sites for hydroxylation is 1. The van der Waals surface area contributed by atoms with Crippen LogP contribution in [0.5, 0.6) is 0 Å². The molecule has 0 fully saturated rings. The summed E-state index contributed by atoms with van der Waals surface area (Å²) in [6.07, 6.45) is 0.662. The Labute approximate surface area is 126 Å². The van der Waals surface area contributed by atoms with E-state index in [0.29, 0.717) is 6.42 Å². The first-order valence-electron chi connectivity index (χ1n) is 6.87. The maximum Gasteiger partial charge on any atom is 0.243 e. The van der Waals surface area contributed by atoms with Gasteiger partial charge in [-0.25, -0.2) is 13.1 Å². The fourth-order valence-electron chi connectivity index (χ4n) is 2.24. The number of anilines is 1. The Morgan fingerprint density at radius 3 is 2.38 bits per heavy atom. The molecule has 0 saturated heterocycles. The molecule has 0 amide bonds. The molecule has 1 atom stereocenters. The lowest BCUT2D eigenvalue weighted by molar-refractivity contribution is 0.550. The molecule has 0 radical (unpaired) electrons. The van der Waals surface area contributed by atoms with Crippen LogP contribution in [0, 0.1) is 6.92 Å². The third-order valence-electron chi connectivity index (χ3n) is 3.36. The highest BCUT2D eigenvalue weighted by Gasteiger charge is 2.22. The lowest BCUT2D eigenvalue weighted by Gasteiger charge is -2.18. The van der Waals surface area contributed by atoms with Gasteiger partial charge in [0, 0.05) is 6.04 Å². The summed E-state index contributed by atoms with van der Waals surface area (Å²) in [7, 11) is -3.64. The quantitative estimate of drug-likeness (QED) is 0.834. The Morgan fingerprint density at radius 1 is 1.14 bits per heavy atom. The van der Waals surface area contributed by atoms with Gasteiger partial charge in [-0.3, -0.25) is 0 Å². The van der Waals surface area contributed by atoms with Crippen molar-refractivity contribution in [3.05, 3.63) is 59.7 Å². The molecule has 0 aliphatic carbocycles. The fourth-order valence-corrected chi connectivity index (χ4v) is 3.66.